The van der Waals surface area contributed by atoms with Gasteiger partial charge in [-0.05, 0) is 48.2 Å². The monoisotopic (exact) mass is 312 g/mol. The van der Waals surface area contributed by atoms with Gasteiger partial charge >= 0.3 is 0 Å². The quantitative estimate of drug-likeness (QED) is 0.656. The van der Waals surface area contributed by atoms with E-state index in [-0.39, 0.29) is 11.9 Å². The zero-order valence-electron chi connectivity index (χ0n) is 11.0. The molecular weight excluding hydrogens is 298 g/mol. The second-order valence-electron chi connectivity index (χ2n) is 4.64. The van der Waals surface area contributed by atoms with Gasteiger partial charge in [-0.15, -0.1) is 0 Å². The van der Waals surface area contributed by atoms with Gasteiger partial charge in [0.15, 0.2) is 0 Å². The first-order chi connectivity index (χ1) is 9.52. The fraction of sp³-hybridized carbons (Fsp3) is 0.200. The van der Waals surface area contributed by atoms with E-state index in [1.54, 1.807) is 0 Å². The third kappa shape index (κ3) is 3.30. The molecular formula is C15H15Cl2FN2. The number of halogens is 3. The standard InChI is InChI=1S/C15H15Cl2FN2/c1-9-3-2-4-12(15(9)17)14(20-19)8-10-7-11(18)5-6-13(10)16/h2-7,14,20H,8,19H2,1H3. The number of benzene rings is 2. The lowest BCUT2D eigenvalue weighted by Crippen LogP contribution is -2.30. The molecule has 0 aromatic heterocycles. The van der Waals surface area contributed by atoms with Crippen molar-refractivity contribution in [2.75, 3.05) is 0 Å². The Labute approximate surface area is 127 Å². The van der Waals surface area contributed by atoms with Gasteiger partial charge in [-0.2, -0.15) is 0 Å². The Kier molecular flexibility index (Phi) is 5.00. The number of nitrogens with one attached hydrogen (secondary N) is 1. The van der Waals surface area contributed by atoms with Crippen LogP contribution < -0.4 is 11.3 Å². The zero-order chi connectivity index (χ0) is 14.7. The van der Waals surface area contributed by atoms with E-state index >= 15 is 0 Å². The molecule has 2 aromatic carbocycles. The highest BCUT2D eigenvalue weighted by atomic mass is 35.5. The largest absolute Gasteiger partial charge is 0.271 e. The molecule has 5 heteroatoms. The van der Waals surface area contributed by atoms with E-state index < -0.39 is 0 Å². The van der Waals surface area contributed by atoms with Gasteiger partial charge in [0.1, 0.15) is 5.82 Å². The summed E-state index contributed by atoms with van der Waals surface area (Å²) < 4.78 is 13.3. The Balaban J connectivity index is 2.34. The molecule has 0 spiro atoms. The van der Waals surface area contributed by atoms with Crippen molar-refractivity contribution in [1.82, 2.24) is 5.43 Å². The lowest BCUT2D eigenvalue weighted by atomic mass is 9.98. The smallest absolute Gasteiger partial charge is 0.123 e. The lowest BCUT2D eigenvalue weighted by molar-refractivity contribution is 0.548. The third-order valence-corrected chi connectivity index (χ3v) is 4.12. The van der Waals surface area contributed by atoms with Crippen molar-refractivity contribution >= 4 is 23.2 Å². The predicted octanol–water partition coefficient (Wildman–Crippen LogP) is 4.19. The van der Waals surface area contributed by atoms with Crippen LogP contribution in [0.15, 0.2) is 36.4 Å². The molecule has 0 radical (unpaired) electrons. The molecule has 1 atom stereocenters. The van der Waals surface area contributed by atoms with Gasteiger partial charge in [0.05, 0.1) is 6.04 Å². The second-order valence-corrected chi connectivity index (χ2v) is 5.42. The fourth-order valence-corrected chi connectivity index (χ4v) is 2.57. The SMILES string of the molecule is Cc1cccc(C(Cc2cc(F)ccc2Cl)NN)c1Cl. The normalized spacial score (nSPS) is 12.4. The van der Waals surface area contributed by atoms with E-state index in [0.29, 0.717) is 22.0 Å². The number of rotatable bonds is 4. The number of hydrogen-bond acceptors (Lipinski definition) is 2. The highest BCUT2D eigenvalue weighted by Crippen LogP contribution is 2.30. The average Bonchev–Trinajstić information content (AvgIpc) is 2.43. The van der Waals surface area contributed by atoms with Gasteiger partial charge in [0.2, 0.25) is 0 Å². The number of aryl methyl sites for hydroxylation is 1. The van der Waals surface area contributed by atoms with E-state index in [1.165, 1.54) is 18.2 Å². The summed E-state index contributed by atoms with van der Waals surface area (Å²) in [5, 5.41) is 1.17. The molecule has 0 aliphatic carbocycles. The van der Waals surface area contributed by atoms with Crippen LogP contribution in [0.5, 0.6) is 0 Å². The first kappa shape index (κ1) is 15.3. The van der Waals surface area contributed by atoms with Crippen LogP contribution in [0.3, 0.4) is 0 Å². The summed E-state index contributed by atoms with van der Waals surface area (Å²) in [6.07, 6.45) is 0.455. The summed E-state index contributed by atoms with van der Waals surface area (Å²) in [5.74, 6) is 5.29. The van der Waals surface area contributed by atoms with E-state index in [4.69, 9.17) is 29.0 Å². The Morgan fingerprint density at radius 1 is 1.25 bits per heavy atom. The summed E-state index contributed by atoms with van der Waals surface area (Å²) >= 11 is 12.4. The third-order valence-electron chi connectivity index (χ3n) is 3.23. The maximum absolute atomic E-state index is 13.3. The molecule has 2 rings (SSSR count). The molecule has 0 saturated heterocycles. The van der Waals surface area contributed by atoms with Crippen molar-refractivity contribution in [3.63, 3.8) is 0 Å². The summed E-state index contributed by atoms with van der Waals surface area (Å²) in [7, 11) is 0. The van der Waals surface area contributed by atoms with Gasteiger partial charge < -0.3 is 0 Å². The van der Waals surface area contributed by atoms with Crippen LogP contribution >= 0.6 is 23.2 Å². The fourth-order valence-electron chi connectivity index (χ4n) is 2.12. The molecule has 0 bridgehead atoms. The van der Waals surface area contributed by atoms with E-state index in [9.17, 15) is 4.39 Å². The van der Waals surface area contributed by atoms with Crippen LogP contribution in [0.25, 0.3) is 0 Å². The summed E-state index contributed by atoms with van der Waals surface area (Å²) in [6, 6.07) is 9.78. The minimum Gasteiger partial charge on any atom is -0.271 e. The van der Waals surface area contributed by atoms with Crippen LogP contribution in [-0.4, -0.2) is 0 Å². The summed E-state index contributed by atoms with van der Waals surface area (Å²) in [5.41, 5.74) is 5.24. The van der Waals surface area contributed by atoms with Crippen molar-refractivity contribution in [3.05, 3.63) is 69.0 Å². The Hall–Kier alpha value is -1.13. The molecule has 2 aromatic rings. The molecule has 0 aliphatic heterocycles. The average molecular weight is 313 g/mol. The highest BCUT2D eigenvalue weighted by molar-refractivity contribution is 6.32. The molecule has 2 nitrogen and oxygen atoms in total. The van der Waals surface area contributed by atoms with E-state index in [2.05, 4.69) is 5.43 Å². The van der Waals surface area contributed by atoms with Crippen molar-refractivity contribution in [2.45, 2.75) is 19.4 Å². The molecule has 1 unspecified atom stereocenters. The molecule has 0 saturated carbocycles. The molecule has 0 aliphatic rings. The molecule has 0 heterocycles. The molecule has 106 valence electrons. The van der Waals surface area contributed by atoms with Crippen molar-refractivity contribution in [3.8, 4) is 0 Å². The Morgan fingerprint density at radius 2 is 2.00 bits per heavy atom. The first-order valence-corrected chi connectivity index (χ1v) is 6.93. The maximum Gasteiger partial charge on any atom is 0.123 e. The number of hydrogen-bond donors (Lipinski definition) is 2. The van der Waals surface area contributed by atoms with E-state index in [1.807, 2.05) is 25.1 Å². The minimum atomic E-state index is -0.324. The topological polar surface area (TPSA) is 38.0 Å². The van der Waals surface area contributed by atoms with E-state index in [0.717, 1.165) is 11.1 Å². The van der Waals surface area contributed by atoms with Crippen LogP contribution in [-0.2, 0) is 6.42 Å². The highest BCUT2D eigenvalue weighted by Gasteiger charge is 2.16. The summed E-state index contributed by atoms with van der Waals surface area (Å²) in [4.78, 5) is 0. The van der Waals surface area contributed by atoms with Crippen molar-refractivity contribution in [1.29, 1.82) is 0 Å². The van der Waals surface area contributed by atoms with Crippen LogP contribution in [0.1, 0.15) is 22.7 Å². The first-order valence-electron chi connectivity index (χ1n) is 6.18. The molecule has 0 fully saturated rings. The predicted molar refractivity (Wildman–Crippen MR) is 81.4 cm³/mol. The van der Waals surface area contributed by atoms with Crippen LogP contribution in [0.2, 0.25) is 10.0 Å². The van der Waals surface area contributed by atoms with Crippen molar-refractivity contribution in [2.24, 2.45) is 5.84 Å². The van der Waals surface area contributed by atoms with Gasteiger partial charge in [-0.1, -0.05) is 41.4 Å². The second kappa shape index (κ2) is 6.55. The zero-order valence-corrected chi connectivity index (χ0v) is 12.5. The van der Waals surface area contributed by atoms with Crippen molar-refractivity contribution < 1.29 is 4.39 Å². The van der Waals surface area contributed by atoms with Crippen LogP contribution in [0, 0.1) is 12.7 Å². The molecule has 3 N–H and O–H groups in total. The lowest BCUT2D eigenvalue weighted by Gasteiger charge is -2.19. The Morgan fingerprint density at radius 3 is 2.70 bits per heavy atom. The minimum absolute atomic E-state index is 0.235. The molecule has 20 heavy (non-hydrogen) atoms. The van der Waals surface area contributed by atoms with Gasteiger partial charge in [-0.3, -0.25) is 11.3 Å². The molecule has 0 amide bonds. The number of hydrazine groups is 1. The van der Waals surface area contributed by atoms with Gasteiger partial charge in [-0.25, -0.2) is 4.39 Å². The van der Waals surface area contributed by atoms with Gasteiger partial charge in [0.25, 0.3) is 0 Å². The maximum atomic E-state index is 13.3. The Bertz CT molecular complexity index is 617. The summed E-state index contributed by atoms with van der Waals surface area (Å²) in [6.45, 7) is 1.93. The van der Waals surface area contributed by atoms with Crippen LogP contribution in [0.4, 0.5) is 4.39 Å². The van der Waals surface area contributed by atoms with Gasteiger partial charge in [0, 0.05) is 10.0 Å². The number of nitrogens with two attached hydrogens (primary N) is 1.